The summed E-state index contributed by atoms with van der Waals surface area (Å²) in [6.45, 7) is 0. The molecule has 0 saturated carbocycles. The molecular formula is C11H12ClFN4O. The fourth-order valence-electron chi connectivity index (χ4n) is 2.67. The highest BCUT2D eigenvalue weighted by Gasteiger charge is 2.39. The van der Waals surface area contributed by atoms with Gasteiger partial charge in [0.25, 0.3) is 5.91 Å². The van der Waals surface area contributed by atoms with E-state index in [-0.39, 0.29) is 17.0 Å². The third-order valence-corrected chi connectivity index (χ3v) is 3.79. The van der Waals surface area contributed by atoms with E-state index in [4.69, 9.17) is 11.6 Å². The Kier molecular flexibility index (Phi) is 2.91. The molecule has 3 atom stereocenters. The Morgan fingerprint density at radius 1 is 1.56 bits per heavy atom. The van der Waals surface area contributed by atoms with Gasteiger partial charge in [0.2, 0.25) is 5.82 Å². The summed E-state index contributed by atoms with van der Waals surface area (Å²) in [5, 5.41) is 5.95. The Balaban J connectivity index is 1.69. The number of rotatable bonds is 2. The molecule has 2 fully saturated rings. The summed E-state index contributed by atoms with van der Waals surface area (Å²) in [6, 6.07) is 0.927. The van der Waals surface area contributed by atoms with Crippen LogP contribution in [0.4, 0.5) is 4.39 Å². The first-order chi connectivity index (χ1) is 8.63. The molecule has 5 nitrogen and oxygen atoms in total. The van der Waals surface area contributed by atoms with E-state index < -0.39 is 11.7 Å². The van der Waals surface area contributed by atoms with Gasteiger partial charge in [-0.3, -0.25) is 4.79 Å². The maximum absolute atomic E-state index is 12.9. The van der Waals surface area contributed by atoms with Gasteiger partial charge in [-0.05, 0) is 19.3 Å². The minimum atomic E-state index is -0.727. The first kappa shape index (κ1) is 11.8. The fourth-order valence-corrected chi connectivity index (χ4v) is 2.80. The maximum atomic E-state index is 12.9. The molecule has 0 radical (unpaired) electrons. The lowest BCUT2D eigenvalue weighted by Crippen LogP contribution is -2.43. The van der Waals surface area contributed by atoms with Gasteiger partial charge in [0.15, 0.2) is 11.0 Å². The van der Waals surface area contributed by atoms with Crippen molar-refractivity contribution in [2.45, 2.75) is 37.4 Å². The topological polar surface area (TPSA) is 66.9 Å². The second-order valence-electron chi connectivity index (χ2n) is 4.70. The van der Waals surface area contributed by atoms with Gasteiger partial charge in [0, 0.05) is 18.1 Å². The average molecular weight is 271 g/mol. The Bertz CT molecular complexity index is 498. The number of amides is 1. The zero-order valence-electron chi connectivity index (χ0n) is 9.49. The highest BCUT2D eigenvalue weighted by Crippen LogP contribution is 2.28. The van der Waals surface area contributed by atoms with Crippen LogP contribution in [0.15, 0.2) is 6.20 Å². The highest BCUT2D eigenvalue weighted by molar-refractivity contribution is 6.29. The van der Waals surface area contributed by atoms with Crippen LogP contribution in [0.2, 0.25) is 5.15 Å². The van der Waals surface area contributed by atoms with Crippen LogP contribution in [0.3, 0.4) is 0 Å². The molecule has 0 aromatic carbocycles. The fraction of sp³-hybridized carbons (Fsp3) is 0.545. The van der Waals surface area contributed by atoms with Crippen LogP contribution in [0.5, 0.6) is 0 Å². The quantitative estimate of drug-likeness (QED) is 0.784. The summed E-state index contributed by atoms with van der Waals surface area (Å²) < 4.78 is 12.9. The molecule has 1 aromatic rings. The van der Waals surface area contributed by atoms with Gasteiger partial charge in [0.1, 0.15) is 0 Å². The van der Waals surface area contributed by atoms with Crippen LogP contribution < -0.4 is 10.6 Å². The Labute approximate surface area is 108 Å². The number of aromatic nitrogens is 2. The first-order valence-electron chi connectivity index (χ1n) is 5.88. The summed E-state index contributed by atoms with van der Waals surface area (Å²) in [5.41, 5.74) is 0. The Morgan fingerprint density at radius 3 is 3.00 bits per heavy atom. The van der Waals surface area contributed by atoms with Crippen molar-refractivity contribution in [1.29, 1.82) is 0 Å². The lowest BCUT2D eigenvalue weighted by molar-refractivity contribution is 0.0920. The zero-order valence-corrected chi connectivity index (χ0v) is 10.2. The molecule has 96 valence electrons. The van der Waals surface area contributed by atoms with Crippen molar-refractivity contribution < 1.29 is 9.18 Å². The van der Waals surface area contributed by atoms with E-state index >= 15 is 0 Å². The molecule has 3 heterocycles. The molecule has 2 aliphatic heterocycles. The average Bonchev–Trinajstić information content (AvgIpc) is 2.94. The van der Waals surface area contributed by atoms with E-state index in [1.807, 2.05) is 0 Å². The van der Waals surface area contributed by atoms with Crippen LogP contribution in [-0.4, -0.2) is 34.0 Å². The molecule has 1 aromatic heterocycles. The van der Waals surface area contributed by atoms with Gasteiger partial charge < -0.3 is 10.6 Å². The van der Waals surface area contributed by atoms with Crippen molar-refractivity contribution in [2.75, 3.05) is 0 Å². The first-order valence-corrected chi connectivity index (χ1v) is 6.26. The predicted octanol–water partition coefficient (Wildman–Crippen LogP) is 0.892. The van der Waals surface area contributed by atoms with Crippen LogP contribution in [0, 0.1) is 5.82 Å². The van der Waals surface area contributed by atoms with Crippen molar-refractivity contribution in [3.63, 3.8) is 0 Å². The lowest BCUT2D eigenvalue weighted by Gasteiger charge is -2.20. The second kappa shape index (κ2) is 4.44. The van der Waals surface area contributed by atoms with Crippen molar-refractivity contribution in [3.05, 3.63) is 23.0 Å². The standard InChI is InChI=1S/C11H12ClFN4O/c12-9-6(13)4-14-10(17-9)11(18)16-8-3-5-1-2-7(8)15-5/h4-5,7-8,15H,1-3H2,(H,16,18). The Morgan fingerprint density at radius 2 is 2.39 bits per heavy atom. The molecule has 0 spiro atoms. The minimum Gasteiger partial charge on any atom is -0.345 e. The van der Waals surface area contributed by atoms with E-state index in [1.165, 1.54) is 0 Å². The molecule has 2 N–H and O–H groups in total. The molecule has 3 unspecified atom stereocenters. The van der Waals surface area contributed by atoms with Crippen molar-refractivity contribution >= 4 is 17.5 Å². The molecule has 2 saturated heterocycles. The van der Waals surface area contributed by atoms with Gasteiger partial charge >= 0.3 is 0 Å². The van der Waals surface area contributed by atoms with E-state index in [1.54, 1.807) is 0 Å². The van der Waals surface area contributed by atoms with Crippen molar-refractivity contribution in [2.24, 2.45) is 0 Å². The molecule has 7 heteroatoms. The third kappa shape index (κ3) is 2.06. The van der Waals surface area contributed by atoms with E-state index in [2.05, 4.69) is 20.6 Å². The van der Waals surface area contributed by atoms with E-state index in [0.29, 0.717) is 12.1 Å². The Hall–Kier alpha value is -1.27. The SMILES string of the molecule is O=C(NC1CC2CCC1N2)c1ncc(F)c(Cl)n1. The molecule has 1 amide bonds. The van der Waals surface area contributed by atoms with Crippen molar-refractivity contribution in [3.8, 4) is 0 Å². The highest BCUT2D eigenvalue weighted by atomic mass is 35.5. The number of carbonyl (C=O) groups excluding carboxylic acids is 1. The zero-order chi connectivity index (χ0) is 12.7. The minimum absolute atomic E-state index is 0.0934. The van der Waals surface area contributed by atoms with E-state index in [0.717, 1.165) is 25.5 Å². The number of halogens is 2. The van der Waals surface area contributed by atoms with Gasteiger partial charge in [-0.1, -0.05) is 11.6 Å². The van der Waals surface area contributed by atoms with Crippen LogP contribution in [0.1, 0.15) is 29.9 Å². The number of nitrogens with zero attached hydrogens (tertiary/aromatic N) is 2. The van der Waals surface area contributed by atoms with Gasteiger partial charge in [0.05, 0.1) is 6.20 Å². The summed E-state index contributed by atoms with van der Waals surface area (Å²) in [6.07, 6.45) is 4.06. The van der Waals surface area contributed by atoms with Crippen LogP contribution in [-0.2, 0) is 0 Å². The third-order valence-electron chi connectivity index (χ3n) is 3.52. The summed E-state index contributed by atoms with van der Waals surface area (Å²) in [7, 11) is 0. The molecule has 3 rings (SSSR count). The summed E-state index contributed by atoms with van der Waals surface area (Å²) >= 11 is 5.52. The summed E-state index contributed by atoms with van der Waals surface area (Å²) in [5.74, 6) is -1.23. The monoisotopic (exact) mass is 270 g/mol. The van der Waals surface area contributed by atoms with Gasteiger partial charge in [-0.15, -0.1) is 0 Å². The number of carbonyl (C=O) groups is 1. The number of hydrogen-bond acceptors (Lipinski definition) is 4. The normalized spacial score (nSPS) is 29.6. The smallest absolute Gasteiger partial charge is 0.289 e. The molecular weight excluding hydrogens is 259 g/mol. The number of fused-ring (bicyclic) bond motifs is 2. The van der Waals surface area contributed by atoms with E-state index in [9.17, 15) is 9.18 Å². The van der Waals surface area contributed by atoms with Crippen LogP contribution >= 0.6 is 11.6 Å². The van der Waals surface area contributed by atoms with Gasteiger partial charge in [-0.2, -0.15) is 0 Å². The van der Waals surface area contributed by atoms with Crippen LogP contribution in [0.25, 0.3) is 0 Å². The molecule has 2 aliphatic rings. The number of hydrogen-bond donors (Lipinski definition) is 2. The largest absolute Gasteiger partial charge is 0.345 e. The summed E-state index contributed by atoms with van der Waals surface area (Å²) in [4.78, 5) is 19.2. The molecule has 0 aliphatic carbocycles. The van der Waals surface area contributed by atoms with Crippen molar-refractivity contribution in [1.82, 2.24) is 20.6 Å². The number of nitrogens with one attached hydrogen (secondary N) is 2. The molecule has 2 bridgehead atoms. The second-order valence-corrected chi connectivity index (χ2v) is 5.05. The maximum Gasteiger partial charge on any atom is 0.289 e. The lowest BCUT2D eigenvalue weighted by atomic mass is 9.95. The van der Waals surface area contributed by atoms with Gasteiger partial charge in [-0.25, -0.2) is 14.4 Å². The predicted molar refractivity (Wildman–Crippen MR) is 62.8 cm³/mol. The molecule has 18 heavy (non-hydrogen) atoms.